The fourth-order valence-electron chi connectivity index (χ4n) is 3.41. The van der Waals surface area contributed by atoms with E-state index < -0.39 is 0 Å². The minimum Gasteiger partial charge on any atom is -0.336 e. The van der Waals surface area contributed by atoms with E-state index in [4.69, 9.17) is 11.6 Å². The second kappa shape index (κ2) is 7.60. The number of aryl methyl sites for hydroxylation is 1. The van der Waals surface area contributed by atoms with E-state index >= 15 is 0 Å². The van der Waals surface area contributed by atoms with E-state index in [0.717, 1.165) is 30.8 Å². The van der Waals surface area contributed by atoms with Gasteiger partial charge in [-0.15, -0.1) is 0 Å². The third kappa shape index (κ3) is 3.71. The Balaban J connectivity index is 1.59. The van der Waals surface area contributed by atoms with E-state index in [0.29, 0.717) is 22.4 Å². The van der Waals surface area contributed by atoms with Crippen molar-refractivity contribution in [3.8, 4) is 0 Å². The molecule has 0 fully saturated rings. The van der Waals surface area contributed by atoms with Crippen LogP contribution in [-0.4, -0.2) is 22.4 Å². The summed E-state index contributed by atoms with van der Waals surface area (Å²) in [5.41, 5.74) is 5.26. The smallest absolute Gasteiger partial charge is 0.274 e. The SMILES string of the molecule is Cc1cc(C(=O)Nc2cccc(Cl)c2C)nc(N2CCc3ccccc3C2)n1. The van der Waals surface area contributed by atoms with Crippen LogP contribution in [0.2, 0.25) is 5.02 Å². The number of amides is 1. The zero-order valence-electron chi connectivity index (χ0n) is 15.9. The molecular weight excluding hydrogens is 372 g/mol. The first-order valence-electron chi connectivity index (χ1n) is 9.25. The third-order valence-corrected chi connectivity index (χ3v) is 5.41. The van der Waals surface area contributed by atoms with Crippen LogP contribution < -0.4 is 10.2 Å². The van der Waals surface area contributed by atoms with Crippen molar-refractivity contribution in [3.63, 3.8) is 0 Å². The van der Waals surface area contributed by atoms with Gasteiger partial charge in [-0.05, 0) is 55.2 Å². The highest BCUT2D eigenvalue weighted by molar-refractivity contribution is 6.31. The zero-order valence-corrected chi connectivity index (χ0v) is 16.6. The highest BCUT2D eigenvalue weighted by Crippen LogP contribution is 2.25. The summed E-state index contributed by atoms with van der Waals surface area (Å²) in [6.45, 7) is 5.33. The van der Waals surface area contributed by atoms with Crippen molar-refractivity contribution >= 4 is 29.1 Å². The molecule has 0 unspecified atom stereocenters. The maximum absolute atomic E-state index is 12.8. The van der Waals surface area contributed by atoms with Gasteiger partial charge in [-0.2, -0.15) is 0 Å². The van der Waals surface area contributed by atoms with Crippen LogP contribution in [0.15, 0.2) is 48.5 Å². The summed E-state index contributed by atoms with van der Waals surface area (Å²) in [6, 6.07) is 15.6. The quantitative estimate of drug-likeness (QED) is 0.709. The number of nitrogens with one attached hydrogen (secondary N) is 1. The minimum absolute atomic E-state index is 0.269. The van der Waals surface area contributed by atoms with Crippen molar-refractivity contribution in [2.75, 3.05) is 16.8 Å². The normalized spacial score (nSPS) is 13.2. The summed E-state index contributed by atoms with van der Waals surface area (Å²) in [7, 11) is 0. The average Bonchev–Trinajstić information content (AvgIpc) is 2.70. The number of nitrogens with zero attached hydrogens (tertiary/aromatic N) is 3. The van der Waals surface area contributed by atoms with Crippen molar-refractivity contribution in [2.24, 2.45) is 0 Å². The lowest BCUT2D eigenvalue weighted by molar-refractivity contribution is 0.102. The van der Waals surface area contributed by atoms with Gasteiger partial charge in [0.1, 0.15) is 5.69 Å². The Morgan fingerprint density at radius 1 is 1.07 bits per heavy atom. The van der Waals surface area contributed by atoms with Gasteiger partial charge in [0.25, 0.3) is 5.91 Å². The number of hydrogen-bond donors (Lipinski definition) is 1. The molecule has 28 heavy (non-hydrogen) atoms. The van der Waals surface area contributed by atoms with Crippen LogP contribution in [0.4, 0.5) is 11.6 Å². The second-order valence-electron chi connectivity index (χ2n) is 7.00. The van der Waals surface area contributed by atoms with Gasteiger partial charge in [-0.3, -0.25) is 4.79 Å². The van der Waals surface area contributed by atoms with Crippen LogP contribution >= 0.6 is 11.6 Å². The summed E-state index contributed by atoms with van der Waals surface area (Å²) in [6.07, 6.45) is 0.941. The Hall–Kier alpha value is -2.92. The topological polar surface area (TPSA) is 58.1 Å². The molecule has 5 nitrogen and oxygen atoms in total. The lowest BCUT2D eigenvalue weighted by Crippen LogP contribution is -2.32. The van der Waals surface area contributed by atoms with Gasteiger partial charge in [-0.25, -0.2) is 9.97 Å². The molecule has 1 N–H and O–H groups in total. The fourth-order valence-corrected chi connectivity index (χ4v) is 3.58. The minimum atomic E-state index is -0.269. The molecule has 0 saturated carbocycles. The van der Waals surface area contributed by atoms with E-state index in [9.17, 15) is 4.79 Å². The first kappa shape index (κ1) is 18.4. The largest absolute Gasteiger partial charge is 0.336 e. The average molecular weight is 393 g/mol. The van der Waals surface area contributed by atoms with Crippen LogP contribution in [0.3, 0.4) is 0 Å². The molecule has 0 aliphatic carbocycles. The summed E-state index contributed by atoms with van der Waals surface area (Å²) in [5, 5.41) is 3.52. The van der Waals surface area contributed by atoms with E-state index in [-0.39, 0.29) is 5.91 Å². The maximum atomic E-state index is 12.8. The number of halogens is 1. The lowest BCUT2D eigenvalue weighted by Gasteiger charge is -2.29. The number of benzene rings is 2. The fraction of sp³-hybridized carbons (Fsp3) is 0.227. The zero-order chi connectivity index (χ0) is 19.7. The molecule has 1 aromatic heterocycles. The molecule has 1 amide bonds. The highest BCUT2D eigenvalue weighted by Gasteiger charge is 2.20. The first-order valence-corrected chi connectivity index (χ1v) is 9.63. The van der Waals surface area contributed by atoms with Crippen molar-refractivity contribution in [3.05, 3.63) is 81.6 Å². The molecular formula is C22H21ClN4O. The van der Waals surface area contributed by atoms with Gasteiger partial charge < -0.3 is 10.2 Å². The summed E-state index contributed by atoms with van der Waals surface area (Å²) >= 11 is 6.15. The van der Waals surface area contributed by atoms with E-state index in [1.165, 1.54) is 11.1 Å². The molecule has 3 aromatic rings. The molecule has 0 radical (unpaired) electrons. The van der Waals surface area contributed by atoms with E-state index in [1.807, 2.05) is 32.0 Å². The molecule has 2 heterocycles. The monoisotopic (exact) mass is 392 g/mol. The lowest BCUT2D eigenvalue weighted by atomic mass is 10.0. The van der Waals surface area contributed by atoms with Gasteiger partial charge in [0, 0.05) is 29.5 Å². The van der Waals surface area contributed by atoms with Gasteiger partial charge in [0.15, 0.2) is 0 Å². The van der Waals surface area contributed by atoms with E-state index in [2.05, 4.69) is 38.4 Å². The van der Waals surface area contributed by atoms with Gasteiger partial charge in [-0.1, -0.05) is 41.9 Å². The predicted molar refractivity (Wildman–Crippen MR) is 112 cm³/mol. The number of fused-ring (bicyclic) bond motifs is 1. The van der Waals surface area contributed by atoms with Crippen LogP contribution in [0, 0.1) is 13.8 Å². The molecule has 4 rings (SSSR count). The van der Waals surface area contributed by atoms with Crippen molar-refractivity contribution in [2.45, 2.75) is 26.8 Å². The Morgan fingerprint density at radius 2 is 1.86 bits per heavy atom. The standard InChI is InChI=1S/C22H21ClN4O/c1-14-12-20(21(28)25-19-9-5-8-18(23)15(19)2)26-22(24-14)27-11-10-16-6-3-4-7-17(16)13-27/h3-9,12H,10-11,13H2,1-2H3,(H,25,28). The van der Waals surface area contributed by atoms with Crippen LogP contribution in [-0.2, 0) is 13.0 Å². The number of carbonyl (C=O) groups excluding carboxylic acids is 1. The Morgan fingerprint density at radius 3 is 2.68 bits per heavy atom. The summed E-state index contributed by atoms with van der Waals surface area (Å²) < 4.78 is 0. The Bertz CT molecular complexity index is 1050. The second-order valence-corrected chi connectivity index (χ2v) is 7.41. The maximum Gasteiger partial charge on any atom is 0.274 e. The van der Waals surface area contributed by atoms with Crippen LogP contribution in [0.1, 0.15) is 32.9 Å². The van der Waals surface area contributed by atoms with E-state index in [1.54, 1.807) is 12.1 Å². The molecule has 1 aliphatic heterocycles. The Labute approximate surface area is 169 Å². The number of rotatable bonds is 3. The number of hydrogen-bond acceptors (Lipinski definition) is 4. The van der Waals surface area contributed by atoms with Crippen LogP contribution in [0.25, 0.3) is 0 Å². The number of anilines is 2. The highest BCUT2D eigenvalue weighted by atomic mass is 35.5. The third-order valence-electron chi connectivity index (χ3n) is 5.00. The number of aromatic nitrogens is 2. The van der Waals surface area contributed by atoms with Gasteiger partial charge in [0.2, 0.25) is 5.95 Å². The summed E-state index contributed by atoms with van der Waals surface area (Å²) in [4.78, 5) is 24.0. The van der Waals surface area contributed by atoms with Crippen molar-refractivity contribution < 1.29 is 4.79 Å². The molecule has 6 heteroatoms. The first-order chi connectivity index (χ1) is 13.5. The molecule has 0 bridgehead atoms. The molecule has 142 valence electrons. The van der Waals surface area contributed by atoms with Crippen LogP contribution in [0.5, 0.6) is 0 Å². The van der Waals surface area contributed by atoms with Crippen molar-refractivity contribution in [1.29, 1.82) is 0 Å². The van der Waals surface area contributed by atoms with Gasteiger partial charge in [0.05, 0.1) is 0 Å². The molecule has 2 aromatic carbocycles. The predicted octanol–water partition coefficient (Wildman–Crippen LogP) is 4.56. The van der Waals surface area contributed by atoms with Gasteiger partial charge >= 0.3 is 0 Å². The summed E-state index contributed by atoms with van der Waals surface area (Å²) in [5.74, 6) is 0.317. The number of carbonyl (C=O) groups is 1. The molecule has 0 saturated heterocycles. The molecule has 1 aliphatic rings. The molecule has 0 atom stereocenters. The van der Waals surface area contributed by atoms with Crippen molar-refractivity contribution in [1.82, 2.24) is 9.97 Å². The molecule has 0 spiro atoms. The Kier molecular flexibility index (Phi) is 5.01.